The van der Waals surface area contributed by atoms with Crippen LogP contribution in [-0.4, -0.2) is 18.9 Å². The van der Waals surface area contributed by atoms with Gasteiger partial charge < -0.3 is 4.90 Å². The second-order valence-electron chi connectivity index (χ2n) is 7.33. The minimum atomic E-state index is -1.04. The highest BCUT2D eigenvalue weighted by Crippen LogP contribution is 2.48. The molecule has 2 aromatic carbocycles. The van der Waals surface area contributed by atoms with Crippen molar-refractivity contribution in [3.05, 3.63) is 65.7 Å². The smallest absolute Gasteiger partial charge is 0.265 e. The lowest BCUT2D eigenvalue weighted by Crippen LogP contribution is -2.63. The van der Waals surface area contributed by atoms with Gasteiger partial charge in [-0.05, 0) is 23.6 Å². The molecule has 1 unspecified atom stereocenters. The number of hydrogen-bond acceptors (Lipinski definition) is 3. The van der Waals surface area contributed by atoms with Gasteiger partial charge in [0.1, 0.15) is 5.54 Å². The van der Waals surface area contributed by atoms with Crippen LogP contribution in [0.1, 0.15) is 36.7 Å². The molecule has 0 saturated carbocycles. The van der Waals surface area contributed by atoms with Crippen LogP contribution in [0.15, 0.2) is 54.6 Å². The Hall–Kier alpha value is -2.66. The molecule has 5 heteroatoms. The summed E-state index contributed by atoms with van der Waals surface area (Å²) in [6.07, 6.45) is 0. The number of rotatable bonds is 3. The van der Waals surface area contributed by atoms with Crippen LogP contribution in [0.4, 0.5) is 5.69 Å². The molecule has 1 aliphatic heterocycles. The van der Waals surface area contributed by atoms with E-state index in [4.69, 9.17) is 0 Å². The van der Waals surface area contributed by atoms with Crippen LogP contribution in [0, 0.1) is 5.41 Å². The Kier molecular flexibility index (Phi) is 4.13. The average Bonchev–Trinajstić information content (AvgIpc) is 2.82. The first-order valence-electron chi connectivity index (χ1n) is 8.29. The molecule has 2 aromatic rings. The quantitative estimate of drug-likeness (QED) is 0.847. The Bertz CT molecular complexity index is 811. The Morgan fingerprint density at radius 3 is 2.24 bits per heavy atom. The summed E-state index contributed by atoms with van der Waals surface area (Å²) in [5.41, 5.74) is 6.57. The Morgan fingerprint density at radius 1 is 1.00 bits per heavy atom. The fraction of sp³-hybridized carbons (Fsp3) is 0.300. The molecule has 0 saturated heterocycles. The highest BCUT2D eigenvalue weighted by molar-refractivity contribution is 6.08. The third-order valence-corrected chi connectivity index (χ3v) is 4.82. The maximum atomic E-state index is 13.2. The van der Waals surface area contributed by atoms with E-state index in [0.717, 1.165) is 11.3 Å². The van der Waals surface area contributed by atoms with Crippen molar-refractivity contribution in [2.24, 2.45) is 5.41 Å². The lowest BCUT2D eigenvalue weighted by molar-refractivity contribution is -0.129. The minimum absolute atomic E-state index is 0.0884. The van der Waals surface area contributed by atoms with Crippen molar-refractivity contribution in [3.8, 4) is 0 Å². The van der Waals surface area contributed by atoms with Crippen molar-refractivity contribution >= 4 is 17.5 Å². The number of para-hydroxylation sites is 1. The normalized spacial score (nSPS) is 19.7. The molecule has 0 aliphatic carbocycles. The molecule has 2 N–H and O–H groups in total. The third-order valence-electron chi connectivity index (χ3n) is 4.82. The number of carbonyl (C=O) groups is 2. The maximum absolute atomic E-state index is 13.2. The summed E-state index contributed by atoms with van der Waals surface area (Å²) >= 11 is 0. The van der Waals surface area contributed by atoms with Gasteiger partial charge in [-0.15, -0.1) is 0 Å². The number of hydrogen-bond donors (Lipinski definition) is 2. The Labute approximate surface area is 148 Å². The summed E-state index contributed by atoms with van der Waals surface area (Å²) in [6.45, 7) is 5.97. The first kappa shape index (κ1) is 17.2. The third kappa shape index (κ3) is 2.61. The Balaban J connectivity index is 1.99. The number of nitrogens with zero attached hydrogens (tertiary/aromatic N) is 1. The first-order chi connectivity index (χ1) is 11.8. The van der Waals surface area contributed by atoms with Crippen molar-refractivity contribution in [1.82, 2.24) is 10.9 Å². The van der Waals surface area contributed by atoms with Crippen LogP contribution < -0.4 is 15.8 Å². The molecule has 2 amide bonds. The Morgan fingerprint density at radius 2 is 1.60 bits per heavy atom. The minimum Gasteiger partial charge on any atom is -0.313 e. The van der Waals surface area contributed by atoms with E-state index in [9.17, 15) is 9.59 Å². The molecule has 1 aliphatic rings. The lowest BCUT2D eigenvalue weighted by atomic mass is 9.70. The molecule has 25 heavy (non-hydrogen) atoms. The molecular weight excluding hydrogens is 314 g/mol. The summed E-state index contributed by atoms with van der Waals surface area (Å²) < 4.78 is 0. The zero-order chi connectivity index (χ0) is 18.2. The first-order valence-corrected chi connectivity index (χ1v) is 8.29. The summed E-state index contributed by atoms with van der Waals surface area (Å²) in [5.74, 6) is -0.362. The van der Waals surface area contributed by atoms with Crippen LogP contribution in [0.25, 0.3) is 0 Å². The van der Waals surface area contributed by atoms with Crippen molar-refractivity contribution in [2.75, 3.05) is 11.9 Å². The number of benzene rings is 2. The molecule has 1 atom stereocenters. The van der Waals surface area contributed by atoms with Crippen molar-refractivity contribution in [3.63, 3.8) is 0 Å². The number of likely N-dealkylation sites (N-methyl/N-ethyl adjacent to an activating group) is 1. The monoisotopic (exact) mass is 337 g/mol. The van der Waals surface area contributed by atoms with Crippen LogP contribution in [0.3, 0.4) is 0 Å². The van der Waals surface area contributed by atoms with Crippen LogP contribution in [0.5, 0.6) is 0 Å². The number of anilines is 1. The van der Waals surface area contributed by atoms with Crippen molar-refractivity contribution in [2.45, 2.75) is 26.3 Å². The zero-order valence-corrected chi connectivity index (χ0v) is 15.0. The van der Waals surface area contributed by atoms with Crippen LogP contribution in [0.2, 0.25) is 0 Å². The van der Waals surface area contributed by atoms with Gasteiger partial charge in [-0.3, -0.25) is 15.0 Å². The predicted molar refractivity (Wildman–Crippen MR) is 98.0 cm³/mol. The summed E-state index contributed by atoms with van der Waals surface area (Å²) in [5, 5.41) is 0. The van der Waals surface area contributed by atoms with Crippen molar-refractivity contribution in [1.29, 1.82) is 0 Å². The maximum Gasteiger partial charge on any atom is 0.265 e. The van der Waals surface area contributed by atoms with Crippen LogP contribution >= 0.6 is 0 Å². The van der Waals surface area contributed by atoms with Gasteiger partial charge in [0.2, 0.25) is 0 Å². The highest BCUT2D eigenvalue weighted by atomic mass is 16.2. The van der Waals surface area contributed by atoms with Gasteiger partial charge in [-0.1, -0.05) is 57.2 Å². The largest absolute Gasteiger partial charge is 0.313 e. The van der Waals surface area contributed by atoms with Gasteiger partial charge >= 0.3 is 0 Å². The average molecular weight is 337 g/mol. The second kappa shape index (κ2) is 6.01. The van der Waals surface area contributed by atoms with Gasteiger partial charge in [0.05, 0.1) is 0 Å². The number of amides is 2. The highest BCUT2D eigenvalue weighted by Gasteiger charge is 2.57. The van der Waals surface area contributed by atoms with Crippen molar-refractivity contribution < 1.29 is 9.59 Å². The van der Waals surface area contributed by atoms with E-state index < -0.39 is 11.0 Å². The van der Waals surface area contributed by atoms with E-state index in [1.807, 2.05) is 51.1 Å². The molecular formula is C20H23N3O2. The predicted octanol–water partition coefficient (Wildman–Crippen LogP) is 2.84. The van der Waals surface area contributed by atoms with Gasteiger partial charge in [-0.25, -0.2) is 5.43 Å². The second-order valence-corrected chi connectivity index (χ2v) is 7.33. The van der Waals surface area contributed by atoms with E-state index in [1.165, 1.54) is 0 Å². The van der Waals surface area contributed by atoms with Crippen LogP contribution in [-0.2, 0) is 10.3 Å². The van der Waals surface area contributed by atoms with Gasteiger partial charge in [0.25, 0.3) is 11.8 Å². The lowest BCUT2D eigenvalue weighted by Gasteiger charge is -2.41. The number of carbonyl (C=O) groups excluding carboxylic acids is 2. The van der Waals surface area contributed by atoms with Gasteiger partial charge in [0.15, 0.2) is 0 Å². The number of fused-ring (bicyclic) bond motifs is 1. The van der Waals surface area contributed by atoms with E-state index in [0.29, 0.717) is 5.56 Å². The fourth-order valence-corrected chi connectivity index (χ4v) is 3.40. The molecule has 0 radical (unpaired) electrons. The number of nitrogens with one attached hydrogen (secondary N) is 2. The molecule has 0 aromatic heterocycles. The molecule has 130 valence electrons. The molecule has 3 rings (SSSR count). The molecule has 0 fully saturated rings. The topological polar surface area (TPSA) is 61.4 Å². The molecule has 0 spiro atoms. The van der Waals surface area contributed by atoms with E-state index in [2.05, 4.69) is 10.9 Å². The summed E-state index contributed by atoms with van der Waals surface area (Å²) in [6, 6.07) is 16.6. The van der Waals surface area contributed by atoms with E-state index >= 15 is 0 Å². The molecule has 0 bridgehead atoms. The molecule has 1 heterocycles. The standard InChI is InChI=1S/C20H23N3O2/c1-19(2,3)20(22-21-17(24)14-10-6-5-7-11-14)15-12-8-9-13-16(15)23(4)18(20)25/h5-13,22H,1-4H3,(H,21,24). The van der Waals surface area contributed by atoms with E-state index in [-0.39, 0.29) is 11.8 Å². The SMILES string of the molecule is CN1C(=O)C(NNC(=O)c2ccccc2)(C(C)(C)C)c2ccccc21. The summed E-state index contributed by atoms with van der Waals surface area (Å²) in [7, 11) is 1.76. The van der Waals surface area contributed by atoms with Gasteiger partial charge in [0, 0.05) is 23.9 Å². The zero-order valence-electron chi connectivity index (χ0n) is 15.0. The van der Waals surface area contributed by atoms with E-state index in [1.54, 1.807) is 36.2 Å². The fourth-order valence-electron chi connectivity index (χ4n) is 3.40. The number of hydrazine groups is 1. The summed E-state index contributed by atoms with van der Waals surface area (Å²) in [4.78, 5) is 27.3. The molecule has 5 nitrogen and oxygen atoms in total. The van der Waals surface area contributed by atoms with Gasteiger partial charge in [-0.2, -0.15) is 0 Å².